The first-order valence-electron chi connectivity index (χ1n) is 9.68. The molecule has 1 N–H and O–H groups in total. The Kier molecular flexibility index (Phi) is 5.69. The van der Waals surface area contributed by atoms with Crippen LogP contribution in [0.1, 0.15) is 37.7 Å². The summed E-state index contributed by atoms with van der Waals surface area (Å²) in [7, 11) is -3.68. The minimum Gasteiger partial charge on any atom is -0.279 e. The van der Waals surface area contributed by atoms with E-state index in [9.17, 15) is 8.42 Å². The molecule has 0 unspecified atom stereocenters. The molecule has 1 aromatic heterocycles. The molecule has 0 radical (unpaired) electrons. The number of rotatable bonds is 5. The van der Waals surface area contributed by atoms with E-state index in [0.717, 1.165) is 27.4 Å². The Hall–Kier alpha value is -1.92. The van der Waals surface area contributed by atoms with E-state index in [1.807, 2.05) is 24.3 Å². The molecule has 1 fully saturated rings. The molecule has 4 rings (SSSR count). The Morgan fingerprint density at radius 3 is 2.50 bits per heavy atom. The molecule has 1 aliphatic carbocycles. The van der Waals surface area contributed by atoms with E-state index in [2.05, 4.69) is 25.6 Å². The maximum Gasteiger partial charge on any atom is 0.261 e. The van der Waals surface area contributed by atoms with Gasteiger partial charge in [-0.25, -0.2) is 8.42 Å². The lowest BCUT2D eigenvalue weighted by Gasteiger charge is -2.23. The topological polar surface area (TPSA) is 59.1 Å². The lowest BCUT2D eigenvalue weighted by atomic mass is 9.84. The molecule has 0 saturated heterocycles. The smallest absolute Gasteiger partial charge is 0.261 e. The van der Waals surface area contributed by atoms with Crippen LogP contribution in [-0.4, -0.2) is 13.4 Å². The van der Waals surface area contributed by atoms with E-state index in [4.69, 9.17) is 0 Å². The van der Waals surface area contributed by atoms with Gasteiger partial charge in [-0.05, 0) is 60.4 Å². The molecular formula is C22H23BrN2O2S. The molecular weight excluding hydrogens is 436 g/mol. The molecule has 1 saturated carbocycles. The summed E-state index contributed by atoms with van der Waals surface area (Å²) in [5.41, 5.74) is 2.51. The number of nitrogens with zero attached hydrogens (tertiary/aromatic N) is 1. The number of hydrogen-bond acceptors (Lipinski definition) is 3. The summed E-state index contributed by atoms with van der Waals surface area (Å²) in [6, 6.07) is 14.5. The number of benzene rings is 2. The van der Waals surface area contributed by atoms with Gasteiger partial charge in [0.05, 0.1) is 16.1 Å². The van der Waals surface area contributed by atoms with Gasteiger partial charge in [0.15, 0.2) is 0 Å². The fourth-order valence-corrected chi connectivity index (χ4v) is 5.38. The second-order valence-corrected chi connectivity index (χ2v) is 10.0. The molecule has 28 heavy (non-hydrogen) atoms. The van der Waals surface area contributed by atoms with Gasteiger partial charge in [0.2, 0.25) is 0 Å². The first-order valence-corrected chi connectivity index (χ1v) is 12.0. The van der Waals surface area contributed by atoms with E-state index < -0.39 is 10.0 Å². The number of nitrogens with one attached hydrogen (secondary N) is 1. The summed E-state index contributed by atoms with van der Waals surface area (Å²) < 4.78 is 29.8. The molecule has 0 aliphatic heterocycles. The highest BCUT2D eigenvalue weighted by molar-refractivity contribution is 9.10. The maximum absolute atomic E-state index is 13.1. The van der Waals surface area contributed by atoms with Crippen LogP contribution in [0.2, 0.25) is 0 Å². The Bertz CT molecular complexity index is 1080. The monoisotopic (exact) mass is 458 g/mol. The van der Waals surface area contributed by atoms with Crippen molar-refractivity contribution >= 4 is 42.5 Å². The zero-order chi connectivity index (χ0) is 19.6. The third kappa shape index (κ3) is 4.23. The van der Waals surface area contributed by atoms with Crippen LogP contribution in [0.4, 0.5) is 5.69 Å². The first-order chi connectivity index (χ1) is 13.5. The van der Waals surface area contributed by atoms with Crippen molar-refractivity contribution in [1.29, 1.82) is 0 Å². The molecule has 4 nitrogen and oxygen atoms in total. The summed E-state index contributed by atoms with van der Waals surface area (Å²) in [5, 5.41) is 0.844. The van der Waals surface area contributed by atoms with Crippen LogP contribution in [0.5, 0.6) is 0 Å². The number of anilines is 1. The quantitative estimate of drug-likeness (QED) is 0.515. The van der Waals surface area contributed by atoms with Gasteiger partial charge >= 0.3 is 0 Å². The number of hydrogen-bond donors (Lipinski definition) is 1. The van der Waals surface area contributed by atoms with Crippen molar-refractivity contribution in [2.75, 3.05) is 4.72 Å². The molecule has 0 atom stereocenters. The second-order valence-electron chi connectivity index (χ2n) is 7.44. The lowest BCUT2D eigenvalue weighted by molar-refractivity contribution is 0.357. The third-order valence-electron chi connectivity index (χ3n) is 5.47. The molecule has 6 heteroatoms. The van der Waals surface area contributed by atoms with Crippen molar-refractivity contribution < 1.29 is 8.42 Å². The van der Waals surface area contributed by atoms with Crippen LogP contribution < -0.4 is 4.72 Å². The number of fused-ring (bicyclic) bond motifs is 1. The molecule has 1 heterocycles. The van der Waals surface area contributed by atoms with E-state index in [0.29, 0.717) is 11.6 Å². The average Bonchev–Trinajstić information content (AvgIpc) is 2.71. The van der Waals surface area contributed by atoms with E-state index in [1.165, 1.54) is 32.1 Å². The maximum atomic E-state index is 13.1. The number of aromatic nitrogens is 1. The van der Waals surface area contributed by atoms with Crippen LogP contribution >= 0.6 is 15.9 Å². The van der Waals surface area contributed by atoms with Crippen molar-refractivity contribution in [3.63, 3.8) is 0 Å². The molecule has 146 valence electrons. The Balaban J connectivity index is 1.74. The molecule has 1 aliphatic rings. The van der Waals surface area contributed by atoms with Gasteiger partial charge in [-0.1, -0.05) is 54.1 Å². The largest absolute Gasteiger partial charge is 0.279 e. The molecule has 0 bridgehead atoms. The van der Waals surface area contributed by atoms with Gasteiger partial charge in [-0.15, -0.1) is 0 Å². The highest BCUT2D eigenvalue weighted by atomic mass is 79.9. The van der Waals surface area contributed by atoms with Gasteiger partial charge in [0.1, 0.15) is 0 Å². The predicted octanol–water partition coefficient (Wildman–Crippen LogP) is 5.92. The van der Waals surface area contributed by atoms with Crippen molar-refractivity contribution in [1.82, 2.24) is 4.98 Å². The zero-order valence-electron chi connectivity index (χ0n) is 15.6. The van der Waals surface area contributed by atoms with Gasteiger partial charge in [0, 0.05) is 16.1 Å². The standard InChI is InChI=1S/C22H23BrN2O2S/c23-18-9-11-19(12-10-18)28(26,27)25-22-17(15-16-5-2-1-3-6-16)8-13-21-20(22)7-4-14-24-21/h4,7-14,16,25H,1-3,5-6,15H2. The minimum absolute atomic E-state index is 0.250. The summed E-state index contributed by atoms with van der Waals surface area (Å²) in [6.07, 6.45) is 8.88. The van der Waals surface area contributed by atoms with Gasteiger partial charge < -0.3 is 0 Å². The van der Waals surface area contributed by atoms with Crippen LogP contribution in [0.3, 0.4) is 0 Å². The molecule has 0 spiro atoms. The van der Waals surface area contributed by atoms with E-state index in [-0.39, 0.29) is 4.90 Å². The van der Waals surface area contributed by atoms with Crippen LogP contribution in [-0.2, 0) is 16.4 Å². The number of pyridine rings is 1. The van der Waals surface area contributed by atoms with Crippen LogP contribution in [0, 0.1) is 5.92 Å². The average molecular weight is 459 g/mol. The molecule has 0 amide bonds. The van der Waals surface area contributed by atoms with Gasteiger partial charge in [-0.2, -0.15) is 0 Å². The van der Waals surface area contributed by atoms with E-state index in [1.54, 1.807) is 30.5 Å². The lowest BCUT2D eigenvalue weighted by Crippen LogP contribution is -2.16. The van der Waals surface area contributed by atoms with Gasteiger partial charge in [0.25, 0.3) is 10.0 Å². The van der Waals surface area contributed by atoms with Crippen LogP contribution in [0.25, 0.3) is 10.9 Å². The summed E-state index contributed by atoms with van der Waals surface area (Å²) >= 11 is 3.35. The summed E-state index contributed by atoms with van der Waals surface area (Å²) in [6.45, 7) is 0. The van der Waals surface area contributed by atoms with Crippen molar-refractivity contribution in [3.8, 4) is 0 Å². The fraction of sp³-hybridized carbons (Fsp3) is 0.318. The Morgan fingerprint density at radius 1 is 1.00 bits per heavy atom. The van der Waals surface area contributed by atoms with Crippen LogP contribution in [0.15, 0.2) is 64.1 Å². The predicted molar refractivity (Wildman–Crippen MR) is 117 cm³/mol. The zero-order valence-corrected chi connectivity index (χ0v) is 18.0. The first kappa shape index (κ1) is 19.4. The normalized spacial score (nSPS) is 15.6. The summed E-state index contributed by atoms with van der Waals surface area (Å²) in [5.74, 6) is 0.610. The van der Waals surface area contributed by atoms with Crippen molar-refractivity contribution in [2.45, 2.75) is 43.4 Å². The fourth-order valence-electron chi connectivity index (χ4n) is 4.00. The minimum atomic E-state index is -3.68. The highest BCUT2D eigenvalue weighted by Gasteiger charge is 2.21. The Morgan fingerprint density at radius 2 is 1.75 bits per heavy atom. The van der Waals surface area contributed by atoms with Crippen molar-refractivity contribution in [2.24, 2.45) is 5.92 Å². The SMILES string of the molecule is O=S(=O)(Nc1c(CC2CCCCC2)ccc2ncccc12)c1ccc(Br)cc1. The highest BCUT2D eigenvalue weighted by Crippen LogP contribution is 2.34. The molecule has 3 aromatic rings. The second kappa shape index (κ2) is 8.21. The Labute approximate surface area is 174 Å². The van der Waals surface area contributed by atoms with Crippen molar-refractivity contribution in [3.05, 3.63) is 64.8 Å². The van der Waals surface area contributed by atoms with E-state index >= 15 is 0 Å². The third-order valence-corrected chi connectivity index (χ3v) is 7.36. The number of halogens is 1. The van der Waals surface area contributed by atoms with Gasteiger partial charge in [-0.3, -0.25) is 9.71 Å². The number of sulfonamides is 1. The summed E-state index contributed by atoms with van der Waals surface area (Å²) in [4.78, 5) is 4.65. The molecule has 2 aromatic carbocycles.